The highest BCUT2D eigenvalue weighted by atomic mass is 16.1. The number of carbonyl (C=O) groups excluding carboxylic acids is 1. The van der Waals surface area contributed by atoms with E-state index in [9.17, 15) is 4.79 Å². The summed E-state index contributed by atoms with van der Waals surface area (Å²) in [5.74, 6) is 0.603. The monoisotopic (exact) mass is 208 g/mol. The van der Waals surface area contributed by atoms with Crippen LogP contribution in [-0.2, 0) is 4.79 Å². The zero-order valence-corrected chi connectivity index (χ0v) is 9.62. The number of allylic oxidation sites excluding steroid dienone is 1. The van der Waals surface area contributed by atoms with Gasteiger partial charge in [0.1, 0.15) is 0 Å². The van der Waals surface area contributed by atoms with Crippen molar-refractivity contribution in [3.8, 4) is 0 Å². The van der Waals surface area contributed by atoms with Crippen molar-refractivity contribution in [2.45, 2.75) is 46.0 Å². The Morgan fingerprint density at radius 2 is 2.40 bits per heavy atom. The molecule has 3 nitrogen and oxygen atoms in total. The number of hydrogen-bond donors (Lipinski definition) is 1. The number of unbranched alkanes of at least 4 members (excludes halogenated alkanes) is 1. The van der Waals surface area contributed by atoms with E-state index in [4.69, 9.17) is 0 Å². The smallest absolute Gasteiger partial charge is 0.224 e. The van der Waals surface area contributed by atoms with E-state index in [2.05, 4.69) is 24.2 Å². The van der Waals surface area contributed by atoms with Crippen LogP contribution >= 0.6 is 0 Å². The first-order valence-electron chi connectivity index (χ1n) is 5.78. The number of hydrogen-bond acceptors (Lipinski definition) is 2. The molecule has 1 atom stereocenters. The van der Waals surface area contributed by atoms with Crippen molar-refractivity contribution >= 4 is 12.1 Å². The Morgan fingerprint density at radius 1 is 1.60 bits per heavy atom. The second kappa shape index (κ2) is 6.38. The third kappa shape index (κ3) is 4.28. The highest BCUT2D eigenvalue weighted by Crippen LogP contribution is 2.15. The van der Waals surface area contributed by atoms with Crippen LogP contribution in [0.4, 0.5) is 0 Å². The first-order valence-corrected chi connectivity index (χ1v) is 5.78. The minimum Gasteiger partial charge on any atom is -0.328 e. The van der Waals surface area contributed by atoms with Crippen molar-refractivity contribution in [2.24, 2.45) is 10.9 Å². The summed E-state index contributed by atoms with van der Waals surface area (Å²) in [5.41, 5.74) is 0.963. The van der Waals surface area contributed by atoms with Gasteiger partial charge < -0.3 is 5.32 Å². The molecule has 0 aromatic carbocycles. The zero-order valence-electron chi connectivity index (χ0n) is 9.62. The molecule has 3 heteroatoms. The maximum Gasteiger partial charge on any atom is 0.224 e. The lowest BCUT2D eigenvalue weighted by Crippen LogP contribution is -2.25. The summed E-state index contributed by atoms with van der Waals surface area (Å²) >= 11 is 0. The molecule has 0 saturated heterocycles. The van der Waals surface area contributed by atoms with Crippen LogP contribution in [0.5, 0.6) is 0 Å². The molecule has 1 amide bonds. The molecule has 1 aliphatic heterocycles. The fraction of sp³-hybridized carbons (Fsp3) is 0.667. The van der Waals surface area contributed by atoms with Gasteiger partial charge in [0.15, 0.2) is 0 Å². The van der Waals surface area contributed by atoms with Crippen LogP contribution < -0.4 is 5.32 Å². The predicted octanol–water partition coefficient (Wildman–Crippen LogP) is 2.63. The van der Waals surface area contributed by atoms with Crippen LogP contribution in [0.25, 0.3) is 0 Å². The Labute approximate surface area is 91.7 Å². The van der Waals surface area contributed by atoms with Crippen molar-refractivity contribution in [1.82, 2.24) is 5.32 Å². The minimum atomic E-state index is 0.120. The van der Waals surface area contributed by atoms with Crippen molar-refractivity contribution in [1.29, 1.82) is 0 Å². The van der Waals surface area contributed by atoms with Gasteiger partial charge in [0.25, 0.3) is 0 Å². The summed E-state index contributed by atoms with van der Waals surface area (Å²) in [6.07, 6.45) is 8.34. The Hall–Kier alpha value is -1.12. The second-order valence-electron chi connectivity index (χ2n) is 3.98. The summed E-state index contributed by atoms with van der Waals surface area (Å²) in [5, 5.41) is 2.93. The van der Waals surface area contributed by atoms with Crippen LogP contribution in [0.15, 0.2) is 16.9 Å². The van der Waals surface area contributed by atoms with Gasteiger partial charge in [-0.05, 0) is 25.2 Å². The topological polar surface area (TPSA) is 41.5 Å². The SMILES string of the molecule is CCCCC(=O)NC1=CN=CC(CC)C1. The molecule has 0 radical (unpaired) electrons. The Bertz CT molecular complexity index is 269. The highest BCUT2D eigenvalue weighted by Gasteiger charge is 2.12. The molecule has 1 heterocycles. The fourth-order valence-corrected chi connectivity index (χ4v) is 1.55. The predicted molar refractivity (Wildman–Crippen MR) is 62.6 cm³/mol. The lowest BCUT2D eigenvalue weighted by atomic mass is 10.0. The molecule has 1 aliphatic rings. The normalized spacial score (nSPS) is 19.9. The quantitative estimate of drug-likeness (QED) is 0.741. The number of amides is 1. The molecular weight excluding hydrogens is 188 g/mol. The minimum absolute atomic E-state index is 0.120. The van der Waals surface area contributed by atoms with E-state index >= 15 is 0 Å². The molecule has 0 aromatic heterocycles. The number of rotatable bonds is 5. The zero-order chi connectivity index (χ0) is 11.1. The number of aliphatic imine (C=N–C) groups is 1. The number of nitrogens with one attached hydrogen (secondary N) is 1. The molecule has 84 valence electrons. The largest absolute Gasteiger partial charge is 0.328 e. The summed E-state index contributed by atoms with van der Waals surface area (Å²) in [7, 11) is 0. The molecule has 1 N–H and O–H groups in total. The van der Waals surface area contributed by atoms with Crippen molar-refractivity contribution in [2.75, 3.05) is 0 Å². The lowest BCUT2D eigenvalue weighted by molar-refractivity contribution is -0.120. The first-order chi connectivity index (χ1) is 7.26. The standard InChI is InChI=1S/C12H20N2O/c1-3-5-6-12(15)14-11-7-10(4-2)8-13-9-11/h8-10H,3-7H2,1-2H3,(H,14,15). The van der Waals surface area contributed by atoms with E-state index in [1.54, 1.807) is 6.20 Å². The van der Waals surface area contributed by atoms with Gasteiger partial charge >= 0.3 is 0 Å². The molecule has 0 bridgehead atoms. The molecule has 0 aliphatic carbocycles. The lowest BCUT2D eigenvalue weighted by Gasteiger charge is -2.16. The van der Waals surface area contributed by atoms with Crippen molar-refractivity contribution < 1.29 is 4.79 Å². The molecule has 0 spiro atoms. The molecular formula is C12H20N2O. The summed E-state index contributed by atoms with van der Waals surface area (Å²) in [6.45, 7) is 4.23. The molecule has 0 aromatic rings. The van der Waals surface area contributed by atoms with Gasteiger partial charge in [-0.25, -0.2) is 0 Å². The van der Waals surface area contributed by atoms with Gasteiger partial charge in [-0.2, -0.15) is 0 Å². The van der Waals surface area contributed by atoms with Crippen molar-refractivity contribution in [3.05, 3.63) is 11.9 Å². The average Bonchev–Trinajstić information content (AvgIpc) is 2.26. The third-order valence-corrected chi connectivity index (χ3v) is 2.59. The summed E-state index contributed by atoms with van der Waals surface area (Å²) in [4.78, 5) is 15.6. The van der Waals surface area contributed by atoms with Crippen molar-refractivity contribution in [3.63, 3.8) is 0 Å². The molecule has 0 saturated carbocycles. The molecule has 1 unspecified atom stereocenters. The van der Waals surface area contributed by atoms with Gasteiger partial charge in [-0.15, -0.1) is 0 Å². The summed E-state index contributed by atoms with van der Waals surface area (Å²) in [6, 6.07) is 0. The summed E-state index contributed by atoms with van der Waals surface area (Å²) < 4.78 is 0. The van der Waals surface area contributed by atoms with Crippen LogP contribution in [0.3, 0.4) is 0 Å². The van der Waals surface area contributed by atoms with Crippen LogP contribution in [0, 0.1) is 5.92 Å². The Morgan fingerprint density at radius 3 is 3.07 bits per heavy atom. The van der Waals surface area contributed by atoms with Gasteiger partial charge in [-0.1, -0.05) is 20.3 Å². The maximum absolute atomic E-state index is 11.5. The van der Waals surface area contributed by atoms with Crippen LogP contribution in [-0.4, -0.2) is 12.1 Å². The highest BCUT2D eigenvalue weighted by molar-refractivity contribution is 5.78. The number of carbonyl (C=O) groups is 1. The van der Waals surface area contributed by atoms with E-state index in [1.807, 2.05) is 6.21 Å². The molecule has 0 fully saturated rings. The van der Waals surface area contributed by atoms with Gasteiger partial charge in [0.05, 0.1) is 0 Å². The third-order valence-electron chi connectivity index (χ3n) is 2.59. The van der Waals surface area contributed by atoms with E-state index in [-0.39, 0.29) is 5.91 Å². The second-order valence-corrected chi connectivity index (χ2v) is 3.98. The van der Waals surface area contributed by atoms with E-state index in [0.717, 1.165) is 31.4 Å². The molecule has 15 heavy (non-hydrogen) atoms. The van der Waals surface area contributed by atoms with E-state index in [1.165, 1.54) is 0 Å². The first kappa shape index (κ1) is 12.0. The van der Waals surface area contributed by atoms with E-state index < -0.39 is 0 Å². The molecule has 1 rings (SSSR count). The van der Waals surface area contributed by atoms with Gasteiger partial charge in [0.2, 0.25) is 5.91 Å². The van der Waals surface area contributed by atoms with Gasteiger partial charge in [-0.3, -0.25) is 9.79 Å². The van der Waals surface area contributed by atoms with Gasteiger partial charge in [0, 0.05) is 24.5 Å². The van der Waals surface area contributed by atoms with E-state index in [0.29, 0.717) is 12.3 Å². The Balaban J connectivity index is 2.35. The maximum atomic E-state index is 11.5. The number of nitrogens with zero attached hydrogens (tertiary/aromatic N) is 1. The Kier molecular flexibility index (Phi) is 5.08. The van der Waals surface area contributed by atoms with Crippen LogP contribution in [0.2, 0.25) is 0 Å². The fourth-order valence-electron chi connectivity index (χ4n) is 1.55. The van der Waals surface area contributed by atoms with Crippen LogP contribution in [0.1, 0.15) is 46.0 Å². The average molecular weight is 208 g/mol.